The number of halogens is 1. The molecule has 7 nitrogen and oxygen atoms in total. The lowest BCUT2D eigenvalue weighted by Gasteiger charge is -2.11. The molecule has 1 aromatic heterocycles. The number of nitrogens with zero attached hydrogens (tertiary/aromatic N) is 2. The number of aromatic hydroxyl groups is 1. The van der Waals surface area contributed by atoms with E-state index in [0.29, 0.717) is 17.7 Å². The van der Waals surface area contributed by atoms with Crippen molar-refractivity contribution in [2.75, 3.05) is 33.9 Å². The predicted molar refractivity (Wildman–Crippen MR) is 62.3 cm³/mol. The molecule has 0 saturated heterocycles. The fourth-order valence-corrected chi connectivity index (χ4v) is 1.25. The van der Waals surface area contributed by atoms with Gasteiger partial charge < -0.3 is 14.7 Å². The van der Waals surface area contributed by atoms with Crippen molar-refractivity contribution in [1.82, 2.24) is 14.5 Å². The van der Waals surface area contributed by atoms with Crippen LogP contribution in [0.2, 0.25) is 0 Å². The van der Waals surface area contributed by atoms with Crippen molar-refractivity contribution in [2.45, 2.75) is 6.54 Å². The molecule has 8 heteroatoms. The zero-order valence-electron chi connectivity index (χ0n) is 10.3. The van der Waals surface area contributed by atoms with Crippen LogP contribution in [-0.2, 0) is 11.3 Å². The first-order chi connectivity index (χ1) is 8.43. The molecule has 0 bridgehead atoms. The van der Waals surface area contributed by atoms with Crippen molar-refractivity contribution in [1.29, 1.82) is 0 Å². The molecule has 1 rings (SSSR count). The molecule has 1 heterocycles. The van der Waals surface area contributed by atoms with Gasteiger partial charge in [-0.2, -0.15) is 4.39 Å². The van der Waals surface area contributed by atoms with Crippen LogP contribution >= 0.6 is 0 Å². The average Bonchev–Trinajstić information content (AvgIpc) is 2.29. The van der Waals surface area contributed by atoms with Gasteiger partial charge in [-0.25, -0.2) is 4.79 Å². The smallest absolute Gasteiger partial charge is 0.331 e. The van der Waals surface area contributed by atoms with E-state index in [1.54, 1.807) is 4.98 Å². The van der Waals surface area contributed by atoms with Gasteiger partial charge in [0.05, 0.1) is 19.8 Å². The summed E-state index contributed by atoms with van der Waals surface area (Å²) in [6.45, 7) is 1.26. The van der Waals surface area contributed by atoms with Crippen molar-refractivity contribution in [3.63, 3.8) is 0 Å². The van der Waals surface area contributed by atoms with Gasteiger partial charge in [-0.15, -0.1) is 0 Å². The molecule has 1 aromatic rings. The van der Waals surface area contributed by atoms with Crippen LogP contribution in [0.5, 0.6) is 5.88 Å². The third kappa shape index (κ3) is 3.67. The Balaban J connectivity index is 2.61. The van der Waals surface area contributed by atoms with Gasteiger partial charge in [0.25, 0.3) is 5.56 Å². The molecular formula is C10H16FN3O4. The number of nitrogens with one attached hydrogen (secondary N) is 1. The van der Waals surface area contributed by atoms with Crippen molar-refractivity contribution in [3.05, 3.63) is 26.7 Å². The van der Waals surface area contributed by atoms with E-state index in [2.05, 4.69) is 0 Å². The van der Waals surface area contributed by atoms with E-state index in [9.17, 15) is 19.1 Å². The molecule has 0 aliphatic carbocycles. The summed E-state index contributed by atoms with van der Waals surface area (Å²) in [5.41, 5.74) is -2.10. The molecule has 0 aliphatic rings. The highest BCUT2D eigenvalue weighted by molar-refractivity contribution is 5.09. The van der Waals surface area contributed by atoms with E-state index in [0.717, 1.165) is 0 Å². The third-order valence-electron chi connectivity index (χ3n) is 2.26. The molecule has 0 atom stereocenters. The van der Waals surface area contributed by atoms with E-state index >= 15 is 0 Å². The van der Waals surface area contributed by atoms with Crippen molar-refractivity contribution in [2.24, 2.45) is 0 Å². The zero-order valence-corrected chi connectivity index (χ0v) is 10.3. The Kier molecular flexibility index (Phi) is 5.05. The summed E-state index contributed by atoms with van der Waals surface area (Å²) in [4.78, 5) is 25.8. The average molecular weight is 261 g/mol. The minimum Gasteiger partial charge on any atom is -0.492 e. The fraction of sp³-hybridized carbons (Fsp3) is 0.600. The van der Waals surface area contributed by atoms with Gasteiger partial charge in [0.2, 0.25) is 11.7 Å². The highest BCUT2D eigenvalue weighted by Crippen LogP contribution is 2.06. The monoisotopic (exact) mass is 261 g/mol. The van der Waals surface area contributed by atoms with Crippen LogP contribution in [0.1, 0.15) is 0 Å². The first-order valence-corrected chi connectivity index (χ1v) is 5.37. The largest absolute Gasteiger partial charge is 0.492 e. The predicted octanol–water partition coefficient (Wildman–Crippen LogP) is -1.04. The maximum absolute atomic E-state index is 13.1. The molecule has 0 radical (unpaired) electrons. The highest BCUT2D eigenvalue weighted by Gasteiger charge is 2.12. The van der Waals surface area contributed by atoms with Crippen molar-refractivity contribution in [3.8, 4) is 5.88 Å². The summed E-state index contributed by atoms with van der Waals surface area (Å²) in [5, 5.41) is 9.31. The number of likely N-dealkylation sites (N-methyl/N-ethyl adjacent to an activating group) is 1. The lowest BCUT2D eigenvalue weighted by atomic mass is 10.5. The molecule has 0 saturated carbocycles. The summed E-state index contributed by atoms with van der Waals surface area (Å²) in [7, 11) is 3.77. The van der Waals surface area contributed by atoms with Crippen LogP contribution in [0.4, 0.5) is 4.39 Å². The zero-order chi connectivity index (χ0) is 13.7. The number of H-pyrrole nitrogens is 1. The van der Waals surface area contributed by atoms with E-state index in [-0.39, 0.29) is 13.2 Å². The molecule has 102 valence electrons. The van der Waals surface area contributed by atoms with Gasteiger partial charge in [-0.1, -0.05) is 0 Å². The highest BCUT2D eigenvalue weighted by atomic mass is 19.1. The first-order valence-electron chi connectivity index (χ1n) is 5.37. The Morgan fingerprint density at radius 1 is 1.39 bits per heavy atom. The van der Waals surface area contributed by atoms with Crippen LogP contribution in [0.25, 0.3) is 0 Å². The molecule has 0 unspecified atom stereocenters. The molecule has 0 aromatic carbocycles. The van der Waals surface area contributed by atoms with E-state index in [4.69, 9.17) is 4.74 Å². The third-order valence-corrected chi connectivity index (χ3v) is 2.26. The molecule has 0 fully saturated rings. The number of rotatable bonds is 6. The normalized spacial score (nSPS) is 11.1. The maximum Gasteiger partial charge on any atom is 0.331 e. The van der Waals surface area contributed by atoms with Crippen LogP contribution in [0.3, 0.4) is 0 Å². The second kappa shape index (κ2) is 6.31. The fourth-order valence-electron chi connectivity index (χ4n) is 1.25. The summed E-state index contributed by atoms with van der Waals surface area (Å²) in [6, 6.07) is 0. The van der Waals surface area contributed by atoms with E-state index in [1.807, 2.05) is 19.0 Å². The molecule has 18 heavy (non-hydrogen) atoms. The summed E-state index contributed by atoms with van der Waals surface area (Å²) in [5.74, 6) is -2.34. The number of hydrogen-bond acceptors (Lipinski definition) is 5. The Hall–Kier alpha value is -1.67. The summed E-state index contributed by atoms with van der Waals surface area (Å²) < 4.78 is 19.0. The summed E-state index contributed by atoms with van der Waals surface area (Å²) in [6.07, 6.45) is 0. The van der Waals surface area contributed by atoms with Gasteiger partial charge in [0.15, 0.2) is 0 Å². The SMILES string of the molecule is CN(C)CCOCCn1c(O)c(F)c(=O)[nH]c1=O. The Bertz CT molecular complexity index is 509. The van der Waals surface area contributed by atoms with E-state index in [1.165, 1.54) is 0 Å². The number of aromatic nitrogens is 2. The molecule has 2 N–H and O–H groups in total. The quantitative estimate of drug-likeness (QED) is 0.639. The minimum absolute atomic E-state index is 0.0359. The Morgan fingerprint density at radius 2 is 2.06 bits per heavy atom. The van der Waals surface area contributed by atoms with Gasteiger partial charge in [0, 0.05) is 6.54 Å². The molecule has 0 amide bonds. The van der Waals surface area contributed by atoms with Gasteiger partial charge >= 0.3 is 5.69 Å². The lowest BCUT2D eigenvalue weighted by Crippen LogP contribution is -2.33. The van der Waals surface area contributed by atoms with Crippen LogP contribution in [0, 0.1) is 5.82 Å². The van der Waals surface area contributed by atoms with Crippen LogP contribution in [-0.4, -0.2) is 53.4 Å². The lowest BCUT2D eigenvalue weighted by molar-refractivity contribution is 0.108. The van der Waals surface area contributed by atoms with Crippen LogP contribution in [0.15, 0.2) is 9.59 Å². The van der Waals surface area contributed by atoms with Crippen molar-refractivity contribution < 1.29 is 14.2 Å². The Labute approximate surface area is 102 Å². The topological polar surface area (TPSA) is 87.6 Å². The van der Waals surface area contributed by atoms with Gasteiger partial charge in [-0.05, 0) is 14.1 Å². The molecular weight excluding hydrogens is 245 g/mol. The van der Waals surface area contributed by atoms with Crippen LogP contribution < -0.4 is 11.2 Å². The number of aromatic amines is 1. The Morgan fingerprint density at radius 3 is 2.67 bits per heavy atom. The minimum atomic E-state index is -1.37. The first kappa shape index (κ1) is 14.4. The maximum atomic E-state index is 13.1. The second-order valence-corrected chi connectivity index (χ2v) is 3.96. The van der Waals surface area contributed by atoms with Crippen molar-refractivity contribution >= 4 is 0 Å². The number of hydrogen-bond donors (Lipinski definition) is 2. The summed E-state index contributed by atoms with van der Waals surface area (Å²) >= 11 is 0. The standard InChI is InChI=1S/C10H16FN3O4/c1-13(2)3-5-18-6-4-14-9(16)7(11)8(15)12-10(14)17/h16H,3-6H2,1-2H3,(H,12,15,17). The molecule has 0 aliphatic heterocycles. The van der Waals surface area contributed by atoms with Gasteiger partial charge in [-0.3, -0.25) is 14.3 Å². The van der Waals surface area contributed by atoms with Gasteiger partial charge in [0.1, 0.15) is 0 Å². The molecule has 0 spiro atoms. The number of ether oxygens (including phenoxy) is 1. The van der Waals surface area contributed by atoms with E-state index < -0.39 is 22.9 Å². The second-order valence-electron chi connectivity index (χ2n) is 3.96.